The highest BCUT2D eigenvalue weighted by Gasteiger charge is 1.94. The predicted molar refractivity (Wildman–Crippen MR) is 86.6 cm³/mol. The zero-order chi connectivity index (χ0) is 14.2. The Bertz CT molecular complexity index is 228. The van der Waals surface area contributed by atoms with Gasteiger partial charge in [0.05, 0.1) is 0 Å². The van der Waals surface area contributed by atoms with Gasteiger partial charge in [-0.05, 0) is 40.0 Å². The van der Waals surface area contributed by atoms with E-state index in [4.69, 9.17) is 4.74 Å². The van der Waals surface area contributed by atoms with Gasteiger partial charge in [0.2, 0.25) is 0 Å². The second-order valence-corrected chi connectivity index (χ2v) is 5.14. The highest BCUT2D eigenvalue weighted by atomic mass is 16.5. The van der Waals surface area contributed by atoms with E-state index in [2.05, 4.69) is 39.0 Å². The van der Waals surface area contributed by atoms with Crippen molar-refractivity contribution in [3.05, 3.63) is 23.8 Å². The van der Waals surface area contributed by atoms with E-state index in [1.165, 1.54) is 63.4 Å². The number of rotatable bonds is 13. The van der Waals surface area contributed by atoms with Crippen molar-refractivity contribution in [2.45, 2.75) is 78.6 Å². The van der Waals surface area contributed by atoms with E-state index in [1.54, 1.807) is 0 Å². The summed E-state index contributed by atoms with van der Waals surface area (Å²) >= 11 is 0. The number of hydrogen-bond donors (Lipinski definition) is 0. The zero-order valence-corrected chi connectivity index (χ0v) is 13.4. The second-order valence-electron chi connectivity index (χ2n) is 5.14. The molecule has 0 radical (unpaired) electrons. The Morgan fingerprint density at radius 3 is 1.95 bits per heavy atom. The molecule has 112 valence electrons. The van der Waals surface area contributed by atoms with Crippen molar-refractivity contribution >= 4 is 0 Å². The molecular weight excluding hydrogens is 232 g/mol. The molecule has 0 heterocycles. The van der Waals surface area contributed by atoms with Crippen molar-refractivity contribution in [3.63, 3.8) is 0 Å². The molecule has 0 bridgehead atoms. The number of allylic oxidation sites excluding steroid dienone is 4. The Hall–Kier alpha value is -0.560. The first-order valence-electron chi connectivity index (χ1n) is 8.20. The Kier molecular flexibility index (Phi) is 15.0. The summed E-state index contributed by atoms with van der Waals surface area (Å²) in [5.74, 6) is 0. The van der Waals surface area contributed by atoms with Gasteiger partial charge in [-0.25, -0.2) is 0 Å². The van der Waals surface area contributed by atoms with Gasteiger partial charge < -0.3 is 4.74 Å². The molecule has 1 heteroatoms. The van der Waals surface area contributed by atoms with Crippen LogP contribution in [0.4, 0.5) is 0 Å². The van der Waals surface area contributed by atoms with E-state index < -0.39 is 0 Å². The number of ether oxygens (including phenoxy) is 1. The maximum atomic E-state index is 5.34. The van der Waals surface area contributed by atoms with Crippen LogP contribution in [0.3, 0.4) is 0 Å². The SMILES string of the molecule is C/C=C\C(=C/C)CCCCCCCCCCOCC. The van der Waals surface area contributed by atoms with Gasteiger partial charge in [-0.2, -0.15) is 0 Å². The molecule has 0 saturated heterocycles. The average molecular weight is 266 g/mol. The molecule has 0 amide bonds. The lowest BCUT2D eigenvalue weighted by Gasteiger charge is -2.04. The maximum Gasteiger partial charge on any atom is 0.0465 e. The Labute approximate surface area is 121 Å². The largest absolute Gasteiger partial charge is 0.382 e. The smallest absolute Gasteiger partial charge is 0.0465 e. The normalized spacial score (nSPS) is 12.5. The molecule has 0 aromatic carbocycles. The van der Waals surface area contributed by atoms with Crippen molar-refractivity contribution in [1.29, 1.82) is 0 Å². The summed E-state index contributed by atoms with van der Waals surface area (Å²) in [6.45, 7) is 8.11. The first-order valence-corrected chi connectivity index (χ1v) is 8.20. The fourth-order valence-corrected chi connectivity index (χ4v) is 2.28. The summed E-state index contributed by atoms with van der Waals surface area (Å²) < 4.78 is 5.34. The molecule has 0 rings (SSSR count). The number of unbranched alkanes of at least 4 members (excludes halogenated alkanes) is 7. The van der Waals surface area contributed by atoms with Crippen molar-refractivity contribution in [2.24, 2.45) is 0 Å². The quantitative estimate of drug-likeness (QED) is 0.291. The Morgan fingerprint density at radius 1 is 0.842 bits per heavy atom. The minimum absolute atomic E-state index is 0.863. The molecule has 1 nitrogen and oxygen atoms in total. The fourth-order valence-electron chi connectivity index (χ4n) is 2.28. The Morgan fingerprint density at radius 2 is 1.42 bits per heavy atom. The van der Waals surface area contributed by atoms with E-state index in [1.807, 2.05) is 0 Å². The van der Waals surface area contributed by atoms with Gasteiger partial charge in [-0.1, -0.05) is 62.3 Å². The molecule has 0 aromatic heterocycles. The highest BCUT2D eigenvalue weighted by Crippen LogP contribution is 2.13. The maximum absolute atomic E-state index is 5.34. The van der Waals surface area contributed by atoms with Crippen LogP contribution in [0.15, 0.2) is 23.8 Å². The lowest BCUT2D eigenvalue weighted by molar-refractivity contribution is 0.143. The third kappa shape index (κ3) is 13.7. The van der Waals surface area contributed by atoms with Crippen LogP contribution < -0.4 is 0 Å². The van der Waals surface area contributed by atoms with Crippen molar-refractivity contribution in [3.8, 4) is 0 Å². The van der Waals surface area contributed by atoms with Crippen molar-refractivity contribution < 1.29 is 4.74 Å². The summed E-state index contributed by atoms with van der Waals surface area (Å²) in [4.78, 5) is 0. The molecule has 0 spiro atoms. The lowest BCUT2D eigenvalue weighted by Crippen LogP contribution is -1.92. The molecule has 0 atom stereocenters. The van der Waals surface area contributed by atoms with Crippen LogP contribution in [0.5, 0.6) is 0 Å². The Balaban J connectivity index is 3.19. The first kappa shape index (κ1) is 18.4. The van der Waals surface area contributed by atoms with Crippen LogP contribution in [0.1, 0.15) is 78.6 Å². The van der Waals surface area contributed by atoms with Gasteiger partial charge in [0, 0.05) is 13.2 Å². The minimum Gasteiger partial charge on any atom is -0.382 e. The predicted octanol–water partition coefficient (Wildman–Crippen LogP) is 6.06. The average Bonchev–Trinajstić information content (AvgIpc) is 2.43. The van der Waals surface area contributed by atoms with Gasteiger partial charge in [0.15, 0.2) is 0 Å². The third-order valence-corrected chi connectivity index (χ3v) is 3.46. The van der Waals surface area contributed by atoms with E-state index in [-0.39, 0.29) is 0 Å². The summed E-state index contributed by atoms with van der Waals surface area (Å²) in [6, 6.07) is 0. The molecule has 0 aliphatic rings. The van der Waals surface area contributed by atoms with Gasteiger partial charge in [-0.3, -0.25) is 0 Å². The molecule has 0 saturated carbocycles. The van der Waals surface area contributed by atoms with E-state index in [9.17, 15) is 0 Å². The zero-order valence-electron chi connectivity index (χ0n) is 13.4. The molecule has 0 N–H and O–H groups in total. The van der Waals surface area contributed by atoms with E-state index in [0.29, 0.717) is 0 Å². The van der Waals surface area contributed by atoms with Crippen LogP contribution in [0, 0.1) is 0 Å². The minimum atomic E-state index is 0.863. The third-order valence-electron chi connectivity index (χ3n) is 3.46. The van der Waals surface area contributed by atoms with Gasteiger partial charge in [-0.15, -0.1) is 0 Å². The first-order chi connectivity index (χ1) is 9.35. The van der Waals surface area contributed by atoms with Crippen LogP contribution in [-0.4, -0.2) is 13.2 Å². The molecule has 0 aliphatic carbocycles. The van der Waals surface area contributed by atoms with Crippen LogP contribution >= 0.6 is 0 Å². The lowest BCUT2D eigenvalue weighted by atomic mass is 10.0. The standard InChI is InChI=1S/C18H34O/c1-4-15-18(5-2)16-13-11-9-7-8-10-12-14-17-19-6-3/h4-5,15H,6-14,16-17H2,1-3H3/b15-4-,18-5+. The second kappa shape index (κ2) is 15.5. The molecule has 0 unspecified atom stereocenters. The van der Waals surface area contributed by atoms with Crippen molar-refractivity contribution in [1.82, 2.24) is 0 Å². The van der Waals surface area contributed by atoms with E-state index >= 15 is 0 Å². The molecule has 0 aromatic rings. The topological polar surface area (TPSA) is 9.23 Å². The number of hydrogen-bond acceptors (Lipinski definition) is 1. The molecular formula is C18H34O. The van der Waals surface area contributed by atoms with Crippen LogP contribution in [0.25, 0.3) is 0 Å². The molecule has 19 heavy (non-hydrogen) atoms. The van der Waals surface area contributed by atoms with Gasteiger partial charge in [0.1, 0.15) is 0 Å². The van der Waals surface area contributed by atoms with Gasteiger partial charge >= 0.3 is 0 Å². The summed E-state index contributed by atoms with van der Waals surface area (Å²) in [7, 11) is 0. The van der Waals surface area contributed by atoms with Crippen LogP contribution in [-0.2, 0) is 4.74 Å². The van der Waals surface area contributed by atoms with Crippen molar-refractivity contribution in [2.75, 3.05) is 13.2 Å². The van der Waals surface area contributed by atoms with Crippen LogP contribution in [0.2, 0.25) is 0 Å². The highest BCUT2D eigenvalue weighted by molar-refractivity contribution is 5.16. The summed E-state index contributed by atoms with van der Waals surface area (Å²) in [5.41, 5.74) is 1.48. The summed E-state index contributed by atoms with van der Waals surface area (Å²) in [5, 5.41) is 0. The van der Waals surface area contributed by atoms with E-state index in [0.717, 1.165) is 13.2 Å². The summed E-state index contributed by atoms with van der Waals surface area (Å²) in [6.07, 6.45) is 18.7. The fraction of sp³-hybridized carbons (Fsp3) is 0.778. The monoisotopic (exact) mass is 266 g/mol. The molecule has 0 aliphatic heterocycles. The van der Waals surface area contributed by atoms with Gasteiger partial charge in [0.25, 0.3) is 0 Å². The molecule has 0 fully saturated rings.